The Balaban J connectivity index is 2.13. The predicted octanol–water partition coefficient (Wildman–Crippen LogP) is 2.43. The molecule has 0 aliphatic heterocycles. The van der Waals surface area contributed by atoms with Crippen molar-refractivity contribution in [3.63, 3.8) is 0 Å². The van der Waals surface area contributed by atoms with Crippen LogP contribution in [0.3, 0.4) is 0 Å². The maximum atomic E-state index is 11.4. The van der Waals surface area contributed by atoms with E-state index in [1.807, 2.05) is 24.1 Å². The minimum Gasteiger partial charge on any atom is -0.508 e. The van der Waals surface area contributed by atoms with Crippen LogP contribution in [0, 0.1) is 0 Å². The Hall–Kier alpha value is -2.01. The van der Waals surface area contributed by atoms with Crippen molar-refractivity contribution in [1.29, 1.82) is 0 Å². The van der Waals surface area contributed by atoms with Crippen LogP contribution in [0.2, 0.25) is 0 Å². The Morgan fingerprint density at radius 1 is 1.00 bits per heavy atom. The minimum atomic E-state index is -3.16. The highest BCUT2D eigenvalue weighted by atomic mass is 32.2. The molecule has 0 aliphatic rings. The summed E-state index contributed by atoms with van der Waals surface area (Å²) in [4.78, 5) is 2.33. The lowest BCUT2D eigenvalue weighted by Crippen LogP contribution is -2.16. The van der Waals surface area contributed by atoms with Crippen molar-refractivity contribution in [2.24, 2.45) is 0 Å². The molecule has 0 saturated heterocycles. The van der Waals surface area contributed by atoms with Crippen LogP contribution in [0.25, 0.3) is 0 Å². The molecule has 1 N–H and O–H groups in total. The molecule has 0 radical (unpaired) electrons. The number of phenolic OH excluding ortho intramolecular Hbond substituents is 1. The van der Waals surface area contributed by atoms with E-state index in [1.54, 1.807) is 36.4 Å². The third kappa shape index (κ3) is 3.51. The van der Waals surface area contributed by atoms with Crippen molar-refractivity contribution >= 4 is 15.5 Å². The van der Waals surface area contributed by atoms with Gasteiger partial charge in [0.1, 0.15) is 5.75 Å². The molecule has 0 aliphatic carbocycles. The first kappa shape index (κ1) is 14.4. The predicted molar refractivity (Wildman–Crippen MR) is 79.8 cm³/mol. The summed E-state index contributed by atoms with van der Waals surface area (Å²) in [6.45, 7) is 0.679. The first-order valence-corrected chi connectivity index (χ1v) is 8.04. The number of sulfone groups is 1. The molecule has 5 heteroatoms. The SMILES string of the molecule is CN(Cc1ccc(O)cc1)c1ccc(S(C)(=O)=O)cc1. The Kier molecular flexibility index (Phi) is 3.99. The number of benzene rings is 2. The Morgan fingerprint density at radius 2 is 1.55 bits per heavy atom. The summed E-state index contributed by atoms with van der Waals surface area (Å²) >= 11 is 0. The maximum Gasteiger partial charge on any atom is 0.175 e. The maximum absolute atomic E-state index is 11.4. The highest BCUT2D eigenvalue weighted by Gasteiger charge is 2.08. The Bertz CT molecular complexity index is 676. The molecular weight excluding hydrogens is 274 g/mol. The van der Waals surface area contributed by atoms with Crippen LogP contribution >= 0.6 is 0 Å². The van der Waals surface area contributed by atoms with Gasteiger partial charge < -0.3 is 10.0 Å². The first-order chi connectivity index (χ1) is 9.36. The van der Waals surface area contributed by atoms with E-state index < -0.39 is 9.84 Å². The van der Waals surface area contributed by atoms with E-state index in [0.29, 0.717) is 11.4 Å². The molecule has 0 atom stereocenters. The van der Waals surface area contributed by atoms with Crippen molar-refractivity contribution in [1.82, 2.24) is 0 Å². The van der Waals surface area contributed by atoms with Gasteiger partial charge in [0.2, 0.25) is 0 Å². The number of phenols is 1. The number of anilines is 1. The molecule has 0 fully saturated rings. The number of hydrogen-bond acceptors (Lipinski definition) is 4. The molecule has 0 unspecified atom stereocenters. The normalized spacial score (nSPS) is 11.3. The lowest BCUT2D eigenvalue weighted by Gasteiger charge is -2.19. The van der Waals surface area contributed by atoms with Gasteiger partial charge in [-0.15, -0.1) is 0 Å². The van der Waals surface area contributed by atoms with E-state index in [9.17, 15) is 13.5 Å². The van der Waals surface area contributed by atoms with Crippen molar-refractivity contribution in [2.45, 2.75) is 11.4 Å². The van der Waals surface area contributed by atoms with Gasteiger partial charge in [-0.25, -0.2) is 8.42 Å². The summed E-state index contributed by atoms with van der Waals surface area (Å²) < 4.78 is 22.8. The van der Waals surface area contributed by atoms with Gasteiger partial charge in [-0.1, -0.05) is 12.1 Å². The molecule has 0 bridgehead atoms. The van der Waals surface area contributed by atoms with E-state index in [1.165, 1.54) is 6.26 Å². The van der Waals surface area contributed by atoms with Crippen molar-refractivity contribution < 1.29 is 13.5 Å². The summed E-state index contributed by atoms with van der Waals surface area (Å²) in [7, 11) is -1.22. The zero-order chi connectivity index (χ0) is 14.8. The van der Waals surface area contributed by atoms with Crippen LogP contribution in [0.5, 0.6) is 5.75 Å². The molecular formula is C15H17NO3S. The quantitative estimate of drug-likeness (QED) is 0.940. The molecule has 0 spiro atoms. The zero-order valence-corrected chi connectivity index (χ0v) is 12.3. The molecule has 106 valence electrons. The van der Waals surface area contributed by atoms with E-state index in [0.717, 1.165) is 11.3 Å². The third-order valence-electron chi connectivity index (χ3n) is 3.06. The number of aromatic hydroxyl groups is 1. The van der Waals surface area contributed by atoms with Gasteiger partial charge in [0.25, 0.3) is 0 Å². The van der Waals surface area contributed by atoms with Crippen molar-refractivity contribution in [3.8, 4) is 5.75 Å². The van der Waals surface area contributed by atoms with Gasteiger partial charge >= 0.3 is 0 Å². The van der Waals surface area contributed by atoms with Gasteiger partial charge in [0.15, 0.2) is 9.84 Å². The van der Waals surface area contributed by atoms with E-state index in [2.05, 4.69) is 0 Å². The average molecular weight is 291 g/mol. The second-order valence-corrected chi connectivity index (χ2v) is 6.80. The van der Waals surface area contributed by atoms with E-state index >= 15 is 0 Å². The largest absolute Gasteiger partial charge is 0.508 e. The summed E-state index contributed by atoms with van der Waals surface area (Å²) in [6.07, 6.45) is 1.20. The van der Waals surface area contributed by atoms with Crippen molar-refractivity contribution in [2.75, 3.05) is 18.2 Å². The van der Waals surface area contributed by atoms with Crippen LogP contribution in [0.4, 0.5) is 5.69 Å². The van der Waals surface area contributed by atoms with Crippen LogP contribution < -0.4 is 4.90 Å². The van der Waals surface area contributed by atoms with Gasteiger partial charge in [0, 0.05) is 25.5 Å². The number of rotatable bonds is 4. The number of hydrogen-bond donors (Lipinski definition) is 1. The molecule has 4 nitrogen and oxygen atoms in total. The summed E-state index contributed by atoms with van der Waals surface area (Å²) in [6, 6.07) is 13.8. The van der Waals surface area contributed by atoms with Gasteiger partial charge in [-0.3, -0.25) is 0 Å². The smallest absolute Gasteiger partial charge is 0.175 e. The van der Waals surface area contributed by atoms with Crippen LogP contribution in [-0.2, 0) is 16.4 Å². The second-order valence-electron chi connectivity index (χ2n) is 4.79. The van der Waals surface area contributed by atoms with Crippen LogP contribution in [0.1, 0.15) is 5.56 Å². The Morgan fingerprint density at radius 3 is 2.05 bits per heavy atom. The van der Waals surface area contributed by atoms with E-state index in [4.69, 9.17) is 0 Å². The molecule has 0 saturated carbocycles. The molecule has 0 aromatic heterocycles. The van der Waals surface area contributed by atoms with Crippen molar-refractivity contribution in [3.05, 3.63) is 54.1 Å². The van der Waals surface area contributed by atoms with Gasteiger partial charge in [-0.05, 0) is 42.0 Å². The number of nitrogens with zero attached hydrogens (tertiary/aromatic N) is 1. The Labute approximate surface area is 119 Å². The van der Waals surface area contributed by atoms with Gasteiger partial charge in [-0.2, -0.15) is 0 Å². The lowest BCUT2D eigenvalue weighted by atomic mass is 10.2. The standard InChI is InChI=1S/C15H17NO3S/c1-16(11-12-3-7-14(17)8-4-12)13-5-9-15(10-6-13)20(2,18)19/h3-10,17H,11H2,1-2H3. The lowest BCUT2D eigenvalue weighted by molar-refractivity contribution is 0.475. The fourth-order valence-electron chi connectivity index (χ4n) is 1.91. The monoisotopic (exact) mass is 291 g/mol. The van der Waals surface area contributed by atoms with E-state index in [-0.39, 0.29) is 5.75 Å². The molecule has 20 heavy (non-hydrogen) atoms. The first-order valence-electron chi connectivity index (χ1n) is 6.15. The van der Waals surface area contributed by atoms with Crippen LogP contribution in [0.15, 0.2) is 53.4 Å². The third-order valence-corrected chi connectivity index (χ3v) is 4.19. The van der Waals surface area contributed by atoms with Crippen LogP contribution in [-0.4, -0.2) is 26.8 Å². The highest BCUT2D eigenvalue weighted by molar-refractivity contribution is 7.90. The zero-order valence-electron chi connectivity index (χ0n) is 11.4. The highest BCUT2D eigenvalue weighted by Crippen LogP contribution is 2.19. The fourth-order valence-corrected chi connectivity index (χ4v) is 2.54. The second kappa shape index (κ2) is 5.54. The summed E-state index contributed by atoms with van der Waals surface area (Å²) in [5.41, 5.74) is 2.00. The molecule has 0 amide bonds. The average Bonchev–Trinajstić information content (AvgIpc) is 2.40. The fraction of sp³-hybridized carbons (Fsp3) is 0.200. The summed E-state index contributed by atoms with van der Waals surface area (Å²) in [5.74, 6) is 0.244. The molecule has 2 aromatic rings. The summed E-state index contributed by atoms with van der Waals surface area (Å²) in [5, 5.41) is 9.24. The topological polar surface area (TPSA) is 57.6 Å². The molecule has 2 aromatic carbocycles. The minimum absolute atomic E-state index is 0.244. The molecule has 2 rings (SSSR count). The van der Waals surface area contributed by atoms with Gasteiger partial charge in [0.05, 0.1) is 4.90 Å². The molecule has 0 heterocycles.